The van der Waals surface area contributed by atoms with Gasteiger partial charge in [-0.3, -0.25) is 9.59 Å². The van der Waals surface area contributed by atoms with E-state index in [4.69, 9.17) is 25.5 Å². The smallest absolute Gasteiger partial charge is 0.291 e. The van der Waals surface area contributed by atoms with Gasteiger partial charge in [0.15, 0.2) is 16.9 Å². The van der Waals surface area contributed by atoms with E-state index in [0.717, 1.165) is 41.5 Å². The molecule has 1 atom stereocenters. The number of methoxy groups -OCH3 is 1. The molecule has 6 nitrogen and oxygen atoms in total. The van der Waals surface area contributed by atoms with Crippen LogP contribution >= 0.6 is 11.6 Å². The lowest BCUT2D eigenvalue weighted by molar-refractivity contribution is 0.0714. The Labute approximate surface area is 239 Å². The zero-order chi connectivity index (χ0) is 28.4. The first-order valence-corrected chi connectivity index (χ1v) is 14.1. The molecule has 0 spiro atoms. The molecule has 1 aliphatic heterocycles. The molecule has 0 saturated heterocycles. The number of nitrogens with zero attached hydrogens (tertiary/aromatic N) is 1. The third kappa shape index (κ3) is 5.20. The minimum absolute atomic E-state index is 0.0630. The van der Waals surface area contributed by atoms with E-state index in [1.807, 2.05) is 62.4 Å². The van der Waals surface area contributed by atoms with Gasteiger partial charge in [0.05, 0.1) is 30.7 Å². The first-order chi connectivity index (χ1) is 19.3. The number of ether oxygens (including phenoxy) is 2. The average Bonchev–Trinajstić information content (AvgIpc) is 3.22. The van der Waals surface area contributed by atoms with Crippen LogP contribution in [0.15, 0.2) is 63.8 Å². The summed E-state index contributed by atoms with van der Waals surface area (Å²) in [5.41, 5.74) is 3.99. The van der Waals surface area contributed by atoms with Gasteiger partial charge in [0.25, 0.3) is 5.91 Å². The Kier molecular flexibility index (Phi) is 8.17. The van der Waals surface area contributed by atoms with Crippen LogP contribution in [0, 0.1) is 13.8 Å². The highest BCUT2D eigenvalue weighted by atomic mass is 35.5. The number of benzene rings is 3. The van der Waals surface area contributed by atoms with Crippen LogP contribution in [0.4, 0.5) is 0 Å². The number of carbonyl (C=O) groups excluding carboxylic acids is 1. The van der Waals surface area contributed by atoms with Crippen LogP contribution in [-0.4, -0.2) is 24.5 Å². The van der Waals surface area contributed by atoms with E-state index in [1.165, 1.54) is 6.42 Å². The van der Waals surface area contributed by atoms with Gasteiger partial charge in [-0.15, -0.1) is 0 Å². The van der Waals surface area contributed by atoms with E-state index in [1.54, 1.807) is 18.1 Å². The van der Waals surface area contributed by atoms with Gasteiger partial charge in [0.1, 0.15) is 5.58 Å². The topological polar surface area (TPSA) is 69.0 Å². The lowest BCUT2D eigenvalue weighted by Gasteiger charge is -2.26. The summed E-state index contributed by atoms with van der Waals surface area (Å²) < 4.78 is 17.9. The van der Waals surface area contributed by atoms with Crippen molar-refractivity contribution in [3.8, 4) is 11.5 Å². The van der Waals surface area contributed by atoms with Gasteiger partial charge >= 0.3 is 0 Å². The van der Waals surface area contributed by atoms with E-state index < -0.39 is 6.04 Å². The number of amides is 1. The molecule has 5 rings (SSSR count). The molecule has 208 valence electrons. The average molecular weight is 560 g/mol. The van der Waals surface area contributed by atoms with Crippen molar-refractivity contribution in [2.24, 2.45) is 0 Å². The van der Waals surface area contributed by atoms with Crippen molar-refractivity contribution in [3.05, 3.63) is 103 Å². The number of carbonyl (C=O) groups is 1. The first kappa shape index (κ1) is 27.8. The van der Waals surface area contributed by atoms with Crippen LogP contribution in [0.25, 0.3) is 11.0 Å². The van der Waals surface area contributed by atoms with Crippen molar-refractivity contribution in [2.45, 2.75) is 59.0 Å². The minimum Gasteiger partial charge on any atom is -0.493 e. The molecule has 1 unspecified atom stereocenters. The Bertz CT molecular complexity index is 1630. The molecule has 0 N–H and O–H groups in total. The summed E-state index contributed by atoms with van der Waals surface area (Å²) in [4.78, 5) is 29.5. The molecule has 0 saturated carbocycles. The molecule has 0 bridgehead atoms. The van der Waals surface area contributed by atoms with Crippen LogP contribution in [0.3, 0.4) is 0 Å². The molecule has 0 aliphatic carbocycles. The molecule has 3 aromatic carbocycles. The lowest BCUT2D eigenvalue weighted by Crippen LogP contribution is -2.29. The molecule has 1 aliphatic rings. The van der Waals surface area contributed by atoms with E-state index in [-0.39, 0.29) is 23.6 Å². The molecular weight excluding hydrogens is 526 g/mol. The van der Waals surface area contributed by atoms with Crippen LogP contribution < -0.4 is 14.9 Å². The van der Waals surface area contributed by atoms with Crippen molar-refractivity contribution in [2.75, 3.05) is 13.7 Å². The van der Waals surface area contributed by atoms with Gasteiger partial charge in [-0.1, -0.05) is 62.1 Å². The predicted molar refractivity (Wildman–Crippen MR) is 158 cm³/mol. The highest BCUT2D eigenvalue weighted by Crippen LogP contribution is 2.42. The molecule has 2 heterocycles. The van der Waals surface area contributed by atoms with Crippen molar-refractivity contribution in [1.29, 1.82) is 0 Å². The second-order valence-electron chi connectivity index (χ2n) is 10.4. The van der Waals surface area contributed by atoms with Crippen LogP contribution in [0.5, 0.6) is 11.5 Å². The van der Waals surface area contributed by atoms with Gasteiger partial charge in [-0.2, -0.15) is 0 Å². The fourth-order valence-corrected chi connectivity index (χ4v) is 5.48. The minimum atomic E-state index is -0.687. The summed E-state index contributed by atoms with van der Waals surface area (Å²) in [7, 11) is 1.59. The normalized spacial score (nSPS) is 14.6. The second-order valence-corrected chi connectivity index (χ2v) is 10.8. The number of hydrogen-bond donors (Lipinski definition) is 0. The maximum absolute atomic E-state index is 14.0. The SMILES string of the molecule is CCCCCCOc1ccc(C2c3c(oc4cc(C)c(C)cc4c3=O)C(=O)N2Cc2ccccc2Cl)cc1OC. The van der Waals surface area contributed by atoms with Gasteiger partial charge in [-0.25, -0.2) is 0 Å². The zero-order valence-corrected chi connectivity index (χ0v) is 24.1. The monoisotopic (exact) mass is 559 g/mol. The van der Waals surface area contributed by atoms with Gasteiger partial charge < -0.3 is 18.8 Å². The third-order valence-electron chi connectivity index (χ3n) is 7.64. The van der Waals surface area contributed by atoms with E-state index in [2.05, 4.69) is 6.92 Å². The molecule has 7 heteroatoms. The number of aryl methyl sites for hydroxylation is 2. The summed E-state index contributed by atoms with van der Waals surface area (Å²) in [5, 5.41) is 1.00. The summed E-state index contributed by atoms with van der Waals surface area (Å²) in [6.07, 6.45) is 4.40. The lowest BCUT2D eigenvalue weighted by atomic mass is 9.97. The molecule has 1 amide bonds. The Morgan fingerprint density at radius 1 is 0.950 bits per heavy atom. The summed E-state index contributed by atoms with van der Waals surface area (Å²) >= 11 is 6.50. The highest BCUT2D eigenvalue weighted by Gasteiger charge is 2.43. The number of unbranched alkanes of at least 4 members (excludes halogenated alkanes) is 3. The second kappa shape index (κ2) is 11.8. The Morgan fingerprint density at radius 3 is 2.48 bits per heavy atom. The van der Waals surface area contributed by atoms with Gasteiger partial charge in [-0.05, 0) is 72.9 Å². The van der Waals surface area contributed by atoms with Crippen LogP contribution in [-0.2, 0) is 6.54 Å². The van der Waals surface area contributed by atoms with Crippen molar-refractivity contribution < 1.29 is 18.7 Å². The Hall–Kier alpha value is -3.77. The number of hydrogen-bond acceptors (Lipinski definition) is 5. The van der Waals surface area contributed by atoms with Crippen molar-refractivity contribution in [3.63, 3.8) is 0 Å². The van der Waals surface area contributed by atoms with E-state index in [9.17, 15) is 9.59 Å². The van der Waals surface area contributed by atoms with Gasteiger partial charge in [0.2, 0.25) is 5.76 Å². The summed E-state index contributed by atoms with van der Waals surface area (Å²) in [5.74, 6) is 0.880. The van der Waals surface area contributed by atoms with Crippen molar-refractivity contribution >= 4 is 28.5 Å². The van der Waals surface area contributed by atoms with E-state index in [0.29, 0.717) is 39.7 Å². The first-order valence-electron chi connectivity index (χ1n) is 13.8. The largest absolute Gasteiger partial charge is 0.493 e. The Morgan fingerprint density at radius 2 is 1.73 bits per heavy atom. The molecule has 1 aromatic heterocycles. The summed E-state index contributed by atoms with van der Waals surface area (Å²) in [6.45, 7) is 6.89. The standard InChI is InChI=1S/C33H34ClNO5/c1-5-6-7-10-15-39-26-14-13-22(18-28(26)38-4)30-29-31(36)24-16-20(2)21(3)17-27(24)40-32(29)33(37)35(30)19-23-11-8-9-12-25(23)34/h8-9,11-14,16-18,30H,5-7,10,15,19H2,1-4H3. The fraction of sp³-hybridized carbons (Fsp3) is 0.333. The molecule has 0 fully saturated rings. The Balaban J connectivity index is 1.61. The maximum atomic E-state index is 14.0. The number of rotatable bonds is 10. The molecular formula is C33H34ClNO5. The quantitative estimate of drug-likeness (QED) is 0.186. The van der Waals surface area contributed by atoms with Crippen molar-refractivity contribution in [1.82, 2.24) is 4.90 Å². The highest BCUT2D eigenvalue weighted by molar-refractivity contribution is 6.31. The third-order valence-corrected chi connectivity index (χ3v) is 8.01. The van der Waals surface area contributed by atoms with Crippen LogP contribution in [0.1, 0.15) is 77.0 Å². The maximum Gasteiger partial charge on any atom is 0.291 e. The number of fused-ring (bicyclic) bond motifs is 2. The predicted octanol–water partition coefficient (Wildman–Crippen LogP) is 7.78. The molecule has 0 radical (unpaired) electrons. The number of halogens is 1. The van der Waals surface area contributed by atoms with Gasteiger partial charge in [0, 0.05) is 11.6 Å². The summed E-state index contributed by atoms with van der Waals surface area (Å²) in [6, 6.07) is 15.9. The fourth-order valence-electron chi connectivity index (χ4n) is 5.28. The zero-order valence-electron chi connectivity index (χ0n) is 23.4. The van der Waals surface area contributed by atoms with E-state index >= 15 is 0 Å². The molecule has 4 aromatic rings. The van der Waals surface area contributed by atoms with Crippen LogP contribution in [0.2, 0.25) is 5.02 Å². The molecule has 40 heavy (non-hydrogen) atoms.